The number of nitrogens with zero attached hydrogens (tertiary/aromatic N) is 1. The number of carboxylic acid groups (broad SMARTS) is 2. The Bertz CT molecular complexity index is 910. The number of carboxylic acids is 2. The van der Waals surface area contributed by atoms with Crippen molar-refractivity contribution in [3.63, 3.8) is 0 Å². The molecule has 0 aromatic heterocycles. The van der Waals surface area contributed by atoms with Gasteiger partial charge in [0.1, 0.15) is 0 Å². The fourth-order valence-electron chi connectivity index (χ4n) is 2.46. The Kier molecular flexibility index (Phi) is 5.13. The summed E-state index contributed by atoms with van der Waals surface area (Å²) in [5, 5.41) is 23.1. The summed E-state index contributed by atoms with van der Waals surface area (Å²) in [7, 11) is 0. The summed E-state index contributed by atoms with van der Waals surface area (Å²) in [5.74, 6) is -3.06. The maximum atomic E-state index is 12.5. The van der Waals surface area contributed by atoms with Crippen molar-refractivity contribution in [2.75, 3.05) is 5.32 Å². The van der Waals surface area contributed by atoms with E-state index in [0.29, 0.717) is 11.3 Å². The van der Waals surface area contributed by atoms with Crippen molar-refractivity contribution in [3.8, 4) is 0 Å². The SMILES string of the molecule is O=C([O-])c1ccc(CN2C(=O)S[C@@H](Nc3ccc(C(=O)[O-])cc3)C2=O)cc1. The van der Waals surface area contributed by atoms with Gasteiger partial charge >= 0.3 is 0 Å². The molecule has 1 N–H and O–H groups in total. The van der Waals surface area contributed by atoms with Crippen LogP contribution in [0.15, 0.2) is 48.5 Å². The Morgan fingerprint density at radius 3 is 1.96 bits per heavy atom. The lowest BCUT2D eigenvalue weighted by atomic mass is 10.1. The average molecular weight is 384 g/mol. The number of carbonyl (C=O) groups excluding carboxylic acids is 4. The van der Waals surface area contributed by atoms with Crippen LogP contribution in [-0.4, -0.2) is 33.4 Å². The minimum absolute atomic E-state index is 0.00339. The van der Waals surface area contributed by atoms with Gasteiger partial charge < -0.3 is 25.1 Å². The van der Waals surface area contributed by atoms with Crippen molar-refractivity contribution in [3.05, 3.63) is 65.2 Å². The fourth-order valence-corrected chi connectivity index (χ4v) is 3.37. The van der Waals surface area contributed by atoms with Gasteiger partial charge in [-0.25, -0.2) is 0 Å². The normalized spacial score (nSPS) is 16.4. The first-order valence-electron chi connectivity index (χ1n) is 7.75. The molecule has 2 aromatic carbocycles. The molecular weight excluding hydrogens is 372 g/mol. The third-order valence-electron chi connectivity index (χ3n) is 3.88. The Balaban J connectivity index is 1.67. The maximum Gasteiger partial charge on any atom is 0.291 e. The number of hydrogen-bond donors (Lipinski definition) is 1. The van der Waals surface area contributed by atoms with Gasteiger partial charge in [0, 0.05) is 5.69 Å². The molecule has 27 heavy (non-hydrogen) atoms. The van der Waals surface area contributed by atoms with E-state index in [9.17, 15) is 29.4 Å². The monoisotopic (exact) mass is 384 g/mol. The summed E-state index contributed by atoms with van der Waals surface area (Å²) in [6, 6.07) is 11.3. The van der Waals surface area contributed by atoms with E-state index in [1.54, 1.807) is 0 Å². The van der Waals surface area contributed by atoms with Gasteiger partial charge in [-0.3, -0.25) is 14.5 Å². The molecule has 0 spiro atoms. The number of rotatable bonds is 6. The van der Waals surface area contributed by atoms with Crippen LogP contribution in [0.4, 0.5) is 10.5 Å². The smallest absolute Gasteiger partial charge is 0.291 e. The molecule has 3 rings (SSSR count). The molecule has 1 atom stereocenters. The van der Waals surface area contributed by atoms with Crippen LogP contribution in [0, 0.1) is 0 Å². The quantitative estimate of drug-likeness (QED) is 0.739. The second-order valence-corrected chi connectivity index (χ2v) is 6.74. The highest BCUT2D eigenvalue weighted by atomic mass is 32.2. The van der Waals surface area contributed by atoms with Gasteiger partial charge in [0.05, 0.1) is 18.5 Å². The van der Waals surface area contributed by atoms with Crippen LogP contribution in [0.25, 0.3) is 0 Å². The van der Waals surface area contributed by atoms with Crippen molar-refractivity contribution in [1.82, 2.24) is 4.90 Å². The zero-order chi connectivity index (χ0) is 19.6. The average Bonchev–Trinajstić information content (AvgIpc) is 2.90. The molecule has 2 aromatic rings. The van der Waals surface area contributed by atoms with E-state index in [1.807, 2.05) is 0 Å². The topological polar surface area (TPSA) is 130 Å². The van der Waals surface area contributed by atoms with Crippen molar-refractivity contribution < 1.29 is 29.4 Å². The minimum Gasteiger partial charge on any atom is -0.545 e. The minimum atomic E-state index is -1.31. The molecule has 0 saturated carbocycles. The maximum absolute atomic E-state index is 12.5. The first-order chi connectivity index (χ1) is 12.8. The Morgan fingerprint density at radius 2 is 1.44 bits per heavy atom. The predicted molar refractivity (Wildman–Crippen MR) is 92.5 cm³/mol. The number of imide groups is 1. The Morgan fingerprint density at radius 1 is 0.926 bits per heavy atom. The summed E-state index contributed by atoms with van der Waals surface area (Å²) in [5.41, 5.74) is 1.09. The molecule has 1 heterocycles. The van der Waals surface area contributed by atoms with Gasteiger partial charge in [-0.05, 0) is 40.6 Å². The number of aromatic carboxylic acids is 2. The van der Waals surface area contributed by atoms with E-state index in [-0.39, 0.29) is 17.7 Å². The number of amides is 2. The number of thioether (sulfide) groups is 1. The van der Waals surface area contributed by atoms with Crippen LogP contribution in [-0.2, 0) is 11.3 Å². The molecule has 0 bridgehead atoms. The molecule has 0 aliphatic carbocycles. The number of anilines is 1. The van der Waals surface area contributed by atoms with E-state index >= 15 is 0 Å². The van der Waals surface area contributed by atoms with E-state index in [4.69, 9.17) is 0 Å². The van der Waals surface area contributed by atoms with Crippen LogP contribution in [0.5, 0.6) is 0 Å². The van der Waals surface area contributed by atoms with Crippen molar-refractivity contribution in [2.24, 2.45) is 0 Å². The van der Waals surface area contributed by atoms with E-state index in [2.05, 4.69) is 5.32 Å². The number of nitrogens with one attached hydrogen (secondary N) is 1. The zero-order valence-corrected chi connectivity index (χ0v) is 14.5. The summed E-state index contributed by atoms with van der Waals surface area (Å²) in [6.45, 7) is 0.0137. The molecule has 9 heteroatoms. The molecule has 2 amide bonds. The largest absolute Gasteiger partial charge is 0.545 e. The molecule has 1 fully saturated rings. The molecule has 1 aliphatic rings. The zero-order valence-electron chi connectivity index (χ0n) is 13.7. The lowest BCUT2D eigenvalue weighted by molar-refractivity contribution is -0.256. The standard InChI is InChI=1S/C18H14N2O6S/c21-15-14(19-13-7-5-12(6-8-13)17(24)25)27-18(26)20(15)9-10-1-3-11(4-2-10)16(22)23/h1-8,14,19H,9H2,(H,22,23)(H,24,25)/p-2/t14-/m1/s1. The number of hydrogen-bond acceptors (Lipinski definition) is 8. The van der Waals surface area contributed by atoms with Gasteiger partial charge in [0.15, 0.2) is 5.37 Å². The van der Waals surface area contributed by atoms with Gasteiger partial charge in [-0.2, -0.15) is 0 Å². The van der Waals surface area contributed by atoms with Crippen LogP contribution in [0.1, 0.15) is 26.3 Å². The highest BCUT2D eigenvalue weighted by Crippen LogP contribution is 2.29. The second kappa shape index (κ2) is 7.50. The Hall–Kier alpha value is -3.33. The molecule has 1 aliphatic heterocycles. The first-order valence-corrected chi connectivity index (χ1v) is 8.63. The second-order valence-electron chi connectivity index (χ2n) is 5.68. The molecule has 1 saturated heterocycles. The number of carbonyl (C=O) groups is 4. The van der Waals surface area contributed by atoms with Gasteiger partial charge in [0.2, 0.25) is 0 Å². The molecule has 138 valence electrons. The van der Waals surface area contributed by atoms with Crippen molar-refractivity contribution >= 4 is 40.5 Å². The van der Waals surface area contributed by atoms with E-state index < -0.39 is 28.5 Å². The summed E-state index contributed by atoms with van der Waals surface area (Å²) in [6.07, 6.45) is 0. The third kappa shape index (κ3) is 4.09. The van der Waals surface area contributed by atoms with Crippen LogP contribution >= 0.6 is 11.8 Å². The van der Waals surface area contributed by atoms with Gasteiger partial charge in [-0.15, -0.1) is 0 Å². The van der Waals surface area contributed by atoms with Gasteiger partial charge in [-0.1, -0.05) is 36.4 Å². The lowest BCUT2D eigenvalue weighted by Gasteiger charge is -2.15. The van der Waals surface area contributed by atoms with E-state index in [1.165, 1.54) is 48.5 Å². The summed E-state index contributed by atoms with van der Waals surface area (Å²) >= 11 is 0.808. The molecule has 0 radical (unpaired) electrons. The molecule has 0 unspecified atom stereocenters. The van der Waals surface area contributed by atoms with Crippen LogP contribution in [0.2, 0.25) is 0 Å². The highest BCUT2D eigenvalue weighted by Gasteiger charge is 2.39. The Labute approximate surface area is 157 Å². The highest BCUT2D eigenvalue weighted by molar-refractivity contribution is 8.15. The van der Waals surface area contributed by atoms with Gasteiger partial charge in [0.25, 0.3) is 11.1 Å². The van der Waals surface area contributed by atoms with Crippen molar-refractivity contribution in [1.29, 1.82) is 0 Å². The van der Waals surface area contributed by atoms with Crippen LogP contribution in [0.3, 0.4) is 0 Å². The molecular formula is C18H12N2O6S-2. The van der Waals surface area contributed by atoms with Crippen molar-refractivity contribution in [2.45, 2.75) is 11.9 Å². The third-order valence-corrected chi connectivity index (χ3v) is 4.86. The summed E-state index contributed by atoms with van der Waals surface area (Å²) in [4.78, 5) is 47.2. The van der Waals surface area contributed by atoms with Crippen LogP contribution < -0.4 is 15.5 Å². The van der Waals surface area contributed by atoms with E-state index in [0.717, 1.165) is 16.7 Å². The lowest BCUT2D eigenvalue weighted by Crippen LogP contribution is -2.34. The molecule has 8 nitrogen and oxygen atoms in total. The first kappa shape index (κ1) is 18.5. The fraction of sp³-hybridized carbons (Fsp3) is 0.111. The predicted octanol–water partition coefficient (Wildman–Crippen LogP) is 0.0472. The summed E-state index contributed by atoms with van der Waals surface area (Å²) < 4.78 is 0. The number of benzene rings is 2.